The van der Waals surface area contributed by atoms with E-state index >= 15 is 0 Å². The molecule has 0 aromatic heterocycles. The first-order valence-electron chi connectivity index (χ1n) is 5.81. The van der Waals surface area contributed by atoms with Crippen molar-refractivity contribution in [2.24, 2.45) is 0 Å². The highest BCUT2D eigenvalue weighted by Crippen LogP contribution is 2.38. The molecule has 3 rings (SSSR count). The Morgan fingerprint density at radius 1 is 1.06 bits per heavy atom. The number of fused-ring (bicyclic) bond motifs is 1. The van der Waals surface area contributed by atoms with Gasteiger partial charge in [-0.25, -0.2) is 4.39 Å². The van der Waals surface area contributed by atoms with E-state index in [1.54, 1.807) is 18.2 Å². The van der Waals surface area contributed by atoms with E-state index < -0.39 is 0 Å². The van der Waals surface area contributed by atoms with Gasteiger partial charge in [-0.05, 0) is 53.8 Å². The highest BCUT2D eigenvalue weighted by atomic mass is 19.1. The quantitative estimate of drug-likeness (QED) is 0.790. The van der Waals surface area contributed by atoms with Crippen molar-refractivity contribution in [3.63, 3.8) is 0 Å². The number of benzene rings is 2. The first-order chi connectivity index (χ1) is 8.24. The smallest absolute Gasteiger partial charge is 0.123 e. The van der Waals surface area contributed by atoms with E-state index in [0.717, 1.165) is 18.4 Å². The molecule has 1 aliphatic carbocycles. The fourth-order valence-corrected chi connectivity index (χ4v) is 2.64. The lowest BCUT2D eigenvalue weighted by Crippen LogP contribution is -1.95. The van der Waals surface area contributed by atoms with Crippen molar-refractivity contribution >= 4 is 0 Å². The molecule has 86 valence electrons. The molecule has 1 N–H and O–H groups in total. The van der Waals surface area contributed by atoms with Crippen LogP contribution in [0, 0.1) is 5.82 Å². The molecular formula is C15H13FO. The first kappa shape index (κ1) is 10.3. The molecule has 2 aromatic rings. The molecule has 0 fully saturated rings. The van der Waals surface area contributed by atoms with Crippen LogP contribution in [0.3, 0.4) is 0 Å². The zero-order valence-corrected chi connectivity index (χ0v) is 9.36. The number of hydrogen-bond donors (Lipinski definition) is 1. The van der Waals surface area contributed by atoms with Gasteiger partial charge in [-0.3, -0.25) is 0 Å². The zero-order chi connectivity index (χ0) is 11.8. The van der Waals surface area contributed by atoms with Crippen LogP contribution in [-0.4, -0.2) is 5.11 Å². The third-order valence-electron chi connectivity index (χ3n) is 3.48. The van der Waals surface area contributed by atoms with Gasteiger partial charge in [0.1, 0.15) is 11.6 Å². The van der Waals surface area contributed by atoms with Gasteiger partial charge >= 0.3 is 0 Å². The Kier molecular flexibility index (Phi) is 2.36. The van der Waals surface area contributed by atoms with Crippen molar-refractivity contribution in [3.8, 4) is 5.75 Å². The molecule has 0 aliphatic heterocycles. The molecule has 0 amide bonds. The van der Waals surface area contributed by atoms with E-state index in [4.69, 9.17) is 0 Å². The third-order valence-corrected chi connectivity index (χ3v) is 3.48. The molecule has 1 nitrogen and oxygen atoms in total. The lowest BCUT2D eigenvalue weighted by molar-refractivity contribution is 0.475. The average Bonchev–Trinajstić information content (AvgIpc) is 2.73. The zero-order valence-electron chi connectivity index (χ0n) is 9.36. The number of phenols is 1. The molecule has 0 saturated heterocycles. The highest BCUT2D eigenvalue weighted by molar-refractivity contribution is 5.43. The fourth-order valence-electron chi connectivity index (χ4n) is 2.64. The second-order valence-electron chi connectivity index (χ2n) is 4.53. The van der Waals surface area contributed by atoms with Crippen LogP contribution in [0.1, 0.15) is 29.0 Å². The molecule has 2 heteroatoms. The van der Waals surface area contributed by atoms with E-state index in [9.17, 15) is 9.50 Å². The van der Waals surface area contributed by atoms with Gasteiger partial charge in [0.05, 0.1) is 0 Å². The summed E-state index contributed by atoms with van der Waals surface area (Å²) in [6, 6.07) is 12.3. The van der Waals surface area contributed by atoms with E-state index in [1.165, 1.54) is 17.2 Å². The minimum atomic E-state index is -0.157. The standard InChI is InChI=1S/C15H13FO/c16-12-4-8-15-11(9-12)3-7-14(15)10-1-5-13(17)6-2-10/h1-2,4-6,8-9,14,17H,3,7H2. The Hall–Kier alpha value is -1.83. The Bertz CT molecular complexity index is 545. The summed E-state index contributed by atoms with van der Waals surface area (Å²) in [5.74, 6) is 0.465. The monoisotopic (exact) mass is 228 g/mol. The molecule has 0 radical (unpaired) electrons. The van der Waals surface area contributed by atoms with Crippen molar-refractivity contribution in [2.75, 3.05) is 0 Å². The molecule has 1 atom stereocenters. The lowest BCUT2D eigenvalue weighted by Gasteiger charge is -2.12. The minimum absolute atomic E-state index is 0.157. The van der Waals surface area contributed by atoms with Crippen LogP contribution < -0.4 is 0 Å². The predicted molar refractivity (Wildman–Crippen MR) is 64.7 cm³/mol. The van der Waals surface area contributed by atoms with Crippen molar-refractivity contribution in [2.45, 2.75) is 18.8 Å². The Morgan fingerprint density at radius 3 is 2.59 bits per heavy atom. The predicted octanol–water partition coefficient (Wildman–Crippen LogP) is 3.61. The lowest BCUT2D eigenvalue weighted by atomic mass is 9.93. The first-order valence-corrected chi connectivity index (χ1v) is 5.81. The van der Waals surface area contributed by atoms with Crippen LogP contribution in [0.25, 0.3) is 0 Å². The molecule has 2 aromatic carbocycles. The van der Waals surface area contributed by atoms with E-state index in [2.05, 4.69) is 0 Å². The average molecular weight is 228 g/mol. The SMILES string of the molecule is Oc1ccc(C2CCc3cc(F)ccc32)cc1. The van der Waals surface area contributed by atoms with Crippen LogP contribution >= 0.6 is 0 Å². The van der Waals surface area contributed by atoms with Crippen molar-refractivity contribution in [1.82, 2.24) is 0 Å². The maximum absolute atomic E-state index is 13.1. The van der Waals surface area contributed by atoms with Gasteiger partial charge in [-0.2, -0.15) is 0 Å². The molecule has 17 heavy (non-hydrogen) atoms. The van der Waals surface area contributed by atoms with Gasteiger partial charge in [-0.15, -0.1) is 0 Å². The summed E-state index contributed by atoms with van der Waals surface area (Å²) >= 11 is 0. The van der Waals surface area contributed by atoms with Crippen LogP contribution in [0.4, 0.5) is 4.39 Å². The number of aromatic hydroxyl groups is 1. The normalized spacial score (nSPS) is 18.1. The second kappa shape index (κ2) is 3.88. The molecule has 0 saturated carbocycles. The van der Waals surface area contributed by atoms with E-state index in [0.29, 0.717) is 5.92 Å². The van der Waals surface area contributed by atoms with Crippen LogP contribution in [-0.2, 0) is 6.42 Å². The Morgan fingerprint density at radius 2 is 1.82 bits per heavy atom. The number of aryl methyl sites for hydroxylation is 1. The molecule has 0 bridgehead atoms. The Balaban J connectivity index is 2.01. The summed E-state index contributed by atoms with van der Waals surface area (Å²) in [5.41, 5.74) is 3.52. The summed E-state index contributed by atoms with van der Waals surface area (Å²) in [6.07, 6.45) is 1.95. The summed E-state index contributed by atoms with van der Waals surface area (Å²) < 4.78 is 13.1. The van der Waals surface area contributed by atoms with Crippen molar-refractivity contribution < 1.29 is 9.50 Å². The van der Waals surface area contributed by atoms with Crippen LogP contribution in [0.15, 0.2) is 42.5 Å². The molecule has 1 aliphatic rings. The summed E-state index contributed by atoms with van der Waals surface area (Å²) in [5, 5.41) is 9.28. The summed E-state index contributed by atoms with van der Waals surface area (Å²) in [6.45, 7) is 0. The number of halogens is 1. The van der Waals surface area contributed by atoms with Gasteiger partial charge in [0.2, 0.25) is 0 Å². The molecule has 1 unspecified atom stereocenters. The maximum Gasteiger partial charge on any atom is 0.123 e. The largest absolute Gasteiger partial charge is 0.508 e. The van der Waals surface area contributed by atoms with E-state index in [1.807, 2.05) is 18.2 Å². The Labute approximate surface area is 99.5 Å². The third kappa shape index (κ3) is 1.80. The van der Waals surface area contributed by atoms with Gasteiger partial charge in [-0.1, -0.05) is 18.2 Å². The fraction of sp³-hybridized carbons (Fsp3) is 0.200. The number of phenolic OH excluding ortho intramolecular Hbond substituents is 1. The van der Waals surface area contributed by atoms with E-state index in [-0.39, 0.29) is 11.6 Å². The number of hydrogen-bond acceptors (Lipinski definition) is 1. The van der Waals surface area contributed by atoms with Gasteiger partial charge in [0.25, 0.3) is 0 Å². The van der Waals surface area contributed by atoms with Crippen LogP contribution in [0.5, 0.6) is 5.75 Å². The molecular weight excluding hydrogens is 215 g/mol. The summed E-state index contributed by atoms with van der Waals surface area (Å²) in [7, 11) is 0. The van der Waals surface area contributed by atoms with Gasteiger partial charge in [0, 0.05) is 5.92 Å². The number of rotatable bonds is 1. The summed E-state index contributed by atoms with van der Waals surface area (Å²) in [4.78, 5) is 0. The van der Waals surface area contributed by atoms with Crippen molar-refractivity contribution in [3.05, 3.63) is 65.0 Å². The topological polar surface area (TPSA) is 20.2 Å². The highest BCUT2D eigenvalue weighted by Gasteiger charge is 2.23. The minimum Gasteiger partial charge on any atom is -0.508 e. The molecule has 0 spiro atoms. The molecule has 0 heterocycles. The second-order valence-corrected chi connectivity index (χ2v) is 4.53. The van der Waals surface area contributed by atoms with Crippen LogP contribution in [0.2, 0.25) is 0 Å². The van der Waals surface area contributed by atoms with Gasteiger partial charge in [0.15, 0.2) is 0 Å². The van der Waals surface area contributed by atoms with Gasteiger partial charge < -0.3 is 5.11 Å². The maximum atomic E-state index is 13.1. The van der Waals surface area contributed by atoms with Crippen molar-refractivity contribution in [1.29, 1.82) is 0 Å².